The van der Waals surface area contributed by atoms with Crippen LogP contribution in [-0.2, 0) is 19.1 Å². The first-order chi connectivity index (χ1) is 28.9. The third-order valence-electron chi connectivity index (χ3n) is 11.8. The van der Waals surface area contributed by atoms with E-state index in [0.717, 1.165) is 92.6 Å². The van der Waals surface area contributed by atoms with E-state index >= 15 is 0 Å². The number of aromatic amines is 2. The van der Waals surface area contributed by atoms with Gasteiger partial charge in [0, 0.05) is 30.2 Å². The summed E-state index contributed by atoms with van der Waals surface area (Å²) < 4.78 is 9.56. The van der Waals surface area contributed by atoms with E-state index in [1.165, 1.54) is 14.2 Å². The highest BCUT2D eigenvalue weighted by atomic mass is 16.5. The lowest BCUT2D eigenvalue weighted by Crippen LogP contribution is -2.51. The lowest BCUT2D eigenvalue weighted by molar-refractivity contribution is -0.136. The van der Waals surface area contributed by atoms with Crippen molar-refractivity contribution < 1.29 is 28.7 Å². The number of amides is 4. The average molecular weight is 814 g/mol. The molecular formula is C45H51N9O6. The van der Waals surface area contributed by atoms with Gasteiger partial charge < -0.3 is 39.9 Å². The molecule has 0 spiro atoms. The fourth-order valence-corrected chi connectivity index (χ4v) is 8.58. The minimum Gasteiger partial charge on any atom is -0.453 e. The SMILES string of the molecule is COC(=O)N[C@H](C(=O)N1CCC[C@H]1c1nc2ccc(-c3cnc4cc(-c5ccc6nc([C@@H]7CCCN7C(=O)[C@@H](NC(=O)OC)C(C)C)[nH]c6c5)ccc4c3)cc2[nH]1)C(C)C. The largest absolute Gasteiger partial charge is 0.453 e. The second-order valence-corrected chi connectivity index (χ2v) is 16.4. The van der Waals surface area contributed by atoms with E-state index in [-0.39, 0.29) is 35.7 Å². The molecule has 0 bridgehead atoms. The van der Waals surface area contributed by atoms with Gasteiger partial charge in [-0.1, -0.05) is 52.0 Å². The second kappa shape index (κ2) is 16.6. The number of ether oxygens (including phenoxy) is 2. The normalized spacial score (nSPS) is 17.8. The lowest BCUT2D eigenvalue weighted by atomic mass is 10.0. The number of benzene rings is 3. The quantitative estimate of drug-likeness (QED) is 0.109. The zero-order valence-electron chi connectivity index (χ0n) is 34.7. The summed E-state index contributed by atoms with van der Waals surface area (Å²) in [4.78, 5) is 76.6. The Hall–Kier alpha value is -6.51. The van der Waals surface area contributed by atoms with E-state index < -0.39 is 24.3 Å². The monoisotopic (exact) mass is 813 g/mol. The van der Waals surface area contributed by atoms with Crippen LogP contribution in [0.1, 0.15) is 77.1 Å². The number of alkyl carbamates (subject to hydrolysis) is 2. The van der Waals surface area contributed by atoms with Crippen LogP contribution in [0, 0.1) is 11.8 Å². The maximum atomic E-state index is 13.7. The zero-order valence-corrected chi connectivity index (χ0v) is 34.7. The molecule has 3 aromatic carbocycles. The predicted octanol–water partition coefficient (Wildman–Crippen LogP) is 7.41. The standard InChI is InChI=1S/C45H51N9O6/c1-24(2)38(51-44(57)59-5)42(55)53-17-7-9-36(53)40-47-31-15-13-27(21-34(31)49-40)26-11-12-29-19-30(23-46-33(29)20-26)28-14-16-32-35(22-28)50-41(48-32)37-10-8-18-54(37)43(56)39(25(3)4)52-45(58)60-6/h11-16,19-25,36-39H,7-10,17-18H2,1-6H3,(H,47,49)(H,48,50)(H,51,57)(H,52,58)/t36-,37-,38-,39-/m0/s1. The predicted molar refractivity (Wildman–Crippen MR) is 228 cm³/mol. The summed E-state index contributed by atoms with van der Waals surface area (Å²) in [7, 11) is 2.58. The van der Waals surface area contributed by atoms with Gasteiger partial charge in [-0.2, -0.15) is 0 Å². The van der Waals surface area contributed by atoms with Crippen LogP contribution in [0.5, 0.6) is 0 Å². The maximum Gasteiger partial charge on any atom is 0.407 e. The highest BCUT2D eigenvalue weighted by molar-refractivity contribution is 5.91. The number of nitrogens with one attached hydrogen (secondary N) is 4. The van der Waals surface area contributed by atoms with Crippen LogP contribution >= 0.6 is 0 Å². The van der Waals surface area contributed by atoms with Gasteiger partial charge in [0.05, 0.1) is 53.9 Å². The van der Waals surface area contributed by atoms with Crippen LogP contribution < -0.4 is 10.6 Å². The van der Waals surface area contributed by atoms with Gasteiger partial charge >= 0.3 is 12.2 Å². The Bertz CT molecular complexity index is 2420. The highest BCUT2D eigenvalue weighted by Crippen LogP contribution is 2.36. The number of likely N-dealkylation sites (tertiary alicyclic amines) is 2. The summed E-state index contributed by atoms with van der Waals surface area (Å²) in [6.07, 6.45) is 3.85. The van der Waals surface area contributed by atoms with Crippen LogP contribution in [0.15, 0.2) is 66.9 Å². The van der Waals surface area contributed by atoms with E-state index in [2.05, 4.69) is 57.0 Å². The van der Waals surface area contributed by atoms with Gasteiger partial charge in [-0.3, -0.25) is 14.6 Å². The van der Waals surface area contributed by atoms with Crippen molar-refractivity contribution in [1.29, 1.82) is 0 Å². The topological polar surface area (TPSA) is 188 Å². The van der Waals surface area contributed by atoms with Crippen molar-refractivity contribution in [2.45, 2.75) is 77.5 Å². The van der Waals surface area contributed by atoms with Crippen LogP contribution in [0.25, 0.3) is 55.2 Å². The van der Waals surface area contributed by atoms with Gasteiger partial charge in [-0.25, -0.2) is 19.6 Å². The number of imidazole rings is 2. The van der Waals surface area contributed by atoms with Gasteiger partial charge in [-0.05, 0) is 90.6 Å². The molecule has 2 aliphatic heterocycles. The number of rotatable bonds is 10. The van der Waals surface area contributed by atoms with Crippen molar-refractivity contribution >= 4 is 57.0 Å². The van der Waals surface area contributed by atoms with Crippen molar-refractivity contribution in [2.75, 3.05) is 27.3 Å². The van der Waals surface area contributed by atoms with Crippen molar-refractivity contribution in [2.24, 2.45) is 11.8 Å². The van der Waals surface area contributed by atoms with Crippen LogP contribution in [0.4, 0.5) is 9.59 Å². The molecule has 2 aliphatic rings. The van der Waals surface area contributed by atoms with Crippen LogP contribution in [-0.4, -0.2) is 98.1 Å². The molecule has 4 amide bonds. The first kappa shape index (κ1) is 40.3. The van der Waals surface area contributed by atoms with Crippen LogP contribution in [0.3, 0.4) is 0 Å². The van der Waals surface area contributed by atoms with Gasteiger partial charge in [0.2, 0.25) is 11.8 Å². The summed E-state index contributed by atoms with van der Waals surface area (Å²) in [5.74, 6) is 0.938. The molecule has 0 unspecified atom stereocenters. The van der Waals surface area contributed by atoms with E-state index in [4.69, 9.17) is 24.4 Å². The third kappa shape index (κ3) is 7.83. The Balaban J connectivity index is 0.993. The number of hydrogen-bond acceptors (Lipinski definition) is 9. The summed E-state index contributed by atoms with van der Waals surface area (Å²) in [5.41, 5.74) is 8.19. The Labute approximate surface area is 347 Å². The van der Waals surface area contributed by atoms with E-state index in [1.54, 1.807) is 0 Å². The van der Waals surface area contributed by atoms with E-state index in [1.807, 2.05) is 68.0 Å². The highest BCUT2D eigenvalue weighted by Gasteiger charge is 2.39. The van der Waals surface area contributed by atoms with Crippen molar-refractivity contribution in [1.82, 2.24) is 45.4 Å². The first-order valence-electron chi connectivity index (χ1n) is 20.6. The zero-order chi connectivity index (χ0) is 42.2. The lowest BCUT2D eigenvalue weighted by Gasteiger charge is -2.29. The molecule has 4 N–H and O–H groups in total. The molecular weight excluding hydrogens is 763 g/mol. The molecule has 4 atom stereocenters. The molecule has 15 nitrogen and oxygen atoms in total. The van der Waals surface area contributed by atoms with Gasteiger partial charge in [0.1, 0.15) is 23.7 Å². The fraction of sp³-hybridized carbons (Fsp3) is 0.400. The van der Waals surface area contributed by atoms with Gasteiger partial charge in [-0.15, -0.1) is 0 Å². The molecule has 2 fully saturated rings. The first-order valence-corrected chi connectivity index (χ1v) is 20.6. The van der Waals surface area contributed by atoms with Gasteiger partial charge in [0.25, 0.3) is 0 Å². The second-order valence-electron chi connectivity index (χ2n) is 16.4. The molecule has 6 aromatic rings. The summed E-state index contributed by atoms with van der Waals surface area (Å²) in [6, 6.07) is 18.7. The molecule has 312 valence electrons. The van der Waals surface area contributed by atoms with Gasteiger partial charge in [0.15, 0.2) is 0 Å². The number of carbonyl (C=O) groups excluding carboxylic acids is 4. The average Bonchev–Trinajstić information content (AvgIpc) is 4.08. The Morgan fingerprint density at radius 1 is 0.633 bits per heavy atom. The number of fused-ring (bicyclic) bond motifs is 3. The number of carbonyl (C=O) groups is 4. The Morgan fingerprint density at radius 3 is 1.58 bits per heavy atom. The smallest absolute Gasteiger partial charge is 0.407 e. The number of pyridine rings is 1. The molecule has 8 rings (SSSR count). The molecule has 0 saturated carbocycles. The summed E-state index contributed by atoms with van der Waals surface area (Å²) in [5, 5.41) is 6.41. The van der Waals surface area contributed by atoms with Crippen molar-refractivity contribution in [3.05, 3.63) is 78.5 Å². The molecule has 5 heterocycles. The fourth-order valence-electron chi connectivity index (χ4n) is 8.58. The summed E-state index contributed by atoms with van der Waals surface area (Å²) >= 11 is 0. The molecule has 15 heteroatoms. The molecule has 60 heavy (non-hydrogen) atoms. The minimum absolute atomic E-state index is 0.113. The Kier molecular flexibility index (Phi) is 11.2. The summed E-state index contributed by atoms with van der Waals surface area (Å²) in [6.45, 7) is 8.79. The van der Waals surface area contributed by atoms with Crippen molar-refractivity contribution in [3.8, 4) is 22.3 Å². The number of hydrogen-bond donors (Lipinski definition) is 4. The van der Waals surface area contributed by atoms with Crippen LogP contribution in [0.2, 0.25) is 0 Å². The number of methoxy groups -OCH3 is 2. The maximum absolute atomic E-state index is 13.7. The number of aromatic nitrogens is 5. The van der Waals surface area contributed by atoms with E-state index in [9.17, 15) is 19.2 Å². The van der Waals surface area contributed by atoms with E-state index in [0.29, 0.717) is 13.1 Å². The molecule has 0 radical (unpaired) electrons. The molecule has 3 aromatic heterocycles. The Morgan fingerprint density at radius 2 is 1.10 bits per heavy atom. The third-order valence-corrected chi connectivity index (χ3v) is 11.8. The molecule has 2 saturated heterocycles. The molecule has 0 aliphatic carbocycles. The van der Waals surface area contributed by atoms with Crippen molar-refractivity contribution in [3.63, 3.8) is 0 Å². The number of nitrogens with zero attached hydrogens (tertiary/aromatic N) is 5. The number of H-pyrrole nitrogens is 2. The minimum atomic E-state index is -0.699.